The third-order valence-corrected chi connectivity index (χ3v) is 5.07. The van der Waals surface area contributed by atoms with E-state index in [1.54, 1.807) is 12.1 Å². The van der Waals surface area contributed by atoms with Gasteiger partial charge in [0.15, 0.2) is 5.76 Å². The second-order valence-electron chi connectivity index (χ2n) is 6.97. The Balaban J connectivity index is 1.31. The highest BCUT2D eigenvalue weighted by Crippen LogP contribution is 2.29. The molecule has 7 heteroatoms. The minimum absolute atomic E-state index is 0.176. The summed E-state index contributed by atoms with van der Waals surface area (Å²) in [6, 6.07) is 15.8. The molecule has 1 fully saturated rings. The molecule has 1 saturated heterocycles. The molecule has 1 amide bonds. The van der Waals surface area contributed by atoms with Crippen LogP contribution in [0.4, 0.5) is 5.88 Å². The quantitative estimate of drug-likeness (QED) is 0.640. The van der Waals surface area contributed by atoms with E-state index in [0.29, 0.717) is 50.1 Å². The first-order valence-corrected chi connectivity index (χ1v) is 9.76. The van der Waals surface area contributed by atoms with Crippen molar-refractivity contribution in [2.24, 2.45) is 0 Å². The summed E-state index contributed by atoms with van der Waals surface area (Å²) in [5.41, 5.74) is 1.49. The topological polar surface area (TPSA) is 86.5 Å². The summed E-state index contributed by atoms with van der Waals surface area (Å²) in [5.74, 6) is 1.39. The first-order valence-electron chi connectivity index (χ1n) is 9.76. The summed E-state index contributed by atoms with van der Waals surface area (Å²) < 4.78 is 11.1. The van der Waals surface area contributed by atoms with E-state index in [2.05, 4.69) is 23.2 Å². The molecule has 7 nitrogen and oxygen atoms in total. The van der Waals surface area contributed by atoms with E-state index < -0.39 is 0 Å². The maximum atomic E-state index is 12.5. The van der Waals surface area contributed by atoms with Crippen molar-refractivity contribution in [2.75, 3.05) is 31.1 Å². The van der Waals surface area contributed by atoms with E-state index >= 15 is 0 Å². The smallest absolute Gasteiger partial charge is 0.266 e. The van der Waals surface area contributed by atoms with Gasteiger partial charge in [0.25, 0.3) is 5.89 Å². The van der Waals surface area contributed by atoms with Crippen LogP contribution < -0.4 is 4.90 Å². The number of benzene rings is 1. The van der Waals surface area contributed by atoms with Gasteiger partial charge in [-0.15, -0.1) is 0 Å². The van der Waals surface area contributed by atoms with E-state index in [1.807, 2.05) is 28.0 Å². The minimum atomic E-state index is 0.176. The van der Waals surface area contributed by atoms with Crippen molar-refractivity contribution in [2.45, 2.75) is 19.3 Å². The number of furan rings is 1. The van der Waals surface area contributed by atoms with Crippen LogP contribution in [0, 0.1) is 11.3 Å². The molecule has 29 heavy (non-hydrogen) atoms. The monoisotopic (exact) mass is 390 g/mol. The minimum Gasteiger partial charge on any atom is -0.459 e. The predicted molar refractivity (Wildman–Crippen MR) is 107 cm³/mol. The molecular formula is C22H22N4O3. The van der Waals surface area contributed by atoms with Crippen LogP contribution in [0.15, 0.2) is 57.6 Å². The lowest BCUT2D eigenvalue weighted by molar-refractivity contribution is -0.131. The van der Waals surface area contributed by atoms with Crippen molar-refractivity contribution < 1.29 is 13.6 Å². The molecule has 3 aromatic rings. The number of hydrogen-bond donors (Lipinski definition) is 0. The molecule has 1 aliphatic rings. The summed E-state index contributed by atoms with van der Waals surface area (Å²) in [7, 11) is 0. The number of anilines is 1. The standard InChI is InChI=1S/C22H22N4O3/c23-16-18-22(29-21(24-18)19-9-5-15-28-19)26-13-11-25(12-14-26)20(27)10-4-8-17-6-2-1-3-7-17/h1-3,5-7,9,15H,4,8,10-14H2. The van der Waals surface area contributed by atoms with Gasteiger partial charge in [-0.3, -0.25) is 4.79 Å². The van der Waals surface area contributed by atoms with Crippen molar-refractivity contribution in [3.8, 4) is 17.7 Å². The maximum Gasteiger partial charge on any atom is 0.266 e. The number of amides is 1. The average molecular weight is 390 g/mol. The van der Waals surface area contributed by atoms with Crippen molar-refractivity contribution in [3.05, 3.63) is 60.0 Å². The summed E-state index contributed by atoms with van der Waals surface area (Å²) in [5, 5.41) is 9.40. The van der Waals surface area contributed by atoms with Gasteiger partial charge in [0.1, 0.15) is 6.07 Å². The lowest BCUT2D eigenvalue weighted by Gasteiger charge is -2.34. The van der Waals surface area contributed by atoms with Crippen LogP contribution in [0.25, 0.3) is 11.7 Å². The molecule has 148 valence electrons. The number of oxazole rings is 1. The first kappa shape index (κ1) is 18.8. The molecule has 0 unspecified atom stereocenters. The molecule has 4 rings (SSSR count). The number of rotatable bonds is 6. The highest BCUT2D eigenvalue weighted by molar-refractivity contribution is 5.76. The van der Waals surface area contributed by atoms with E-state index in [0.717, 1.165) is 12.8 Å². The highest BCUT2D eigenvalue weighted by Gasteiger charge is 2.26. The molecule has 0 radical (unpaired) electrons. The zero-order valence-corrected chi connectivity index (χ0v) is 16.1. The number of aromatic nitrogens is 1. The van der Waals surface area contributed by atoms with Crippen LogP contribution in [0.2, 0.25) is 0 Å². The Morgan fingerprint density at radius 1 is 1.10 bits per heavy atom. The van der Waals surface area contributed by atoms with Gasteiger partial charge in [-0.05, 0) is 30.5 Å². The van der Waals surface area contributed by atoms with Gasteiger partial charge in [-0.2, -0.15) is 10.2 Å². The molecule has 0 N–H and O–H groups in total. The zero-order valence-electron chi connectivity index (χ0n) is 16.1. The number of nitrogens with zero attached hydrogens (tertiary/aromatic N) is 4. The molecule has 0 spiro atoms. The normalized spacial score (nSPS) is 14.0. The Bertz CT molecular complexity index is 981. The Labute approximate surface area is 169 Å². The zero-order chi connectivity index (χ0) is 20.1. The van der Waals surface area contributed by atoms with Gasteiger partial charge in [-0.25, -0.2) is 0 Å². The van der Waals surface area contributed by atoms with Crippen molar-refractivity contribution >= 4 is 11.8 Å². The highest BCUT2D eigenvalue weighted by atomic mass is 16.4. The SMILES string of the molecule is N#Cc1nc(-c2ccco2)oc1N1CCN(C(=O)CCCc2ccccc2)CC1. The maximum absolute atomic E-state index is 12.5. The van der Waals surface area contributed by atoms with Crippen LogP contribution in [0.5, 0.6) is 0 Å². The van der Waals surface area contributed by atoms with Crippen LogP contribution >= 0.6 is 0 Å². The van der Waals surface area contributed by atoms with Gasteiger partial charge in [0, 0.05) is 32.6 Å². The van der Waals surface area contributed by atoms with Gasteiger partial charge in [0.2, 0.25) is 17.5 Å². The molecule has 1 aliphatic heterocycles. The molecule has 0 bridgehead atoms. The third kappa shape index (κ3) is 4.32. The Hall–Kier alpha value is -3.53. The Morgan fingerprint density at radius 3 is 2.59 bits per heavy atom. The van der Waals surface area contributed by atoms with Crippen molar-refractivity contribution in [1.29, 1.82) is 5.26 Å². The molecule has 0 saturated carbocycles. The van der Waals surface area contributed by atoms with Gasteiger partial charge in [0.05, 0.1) is 6.26 Å². The number of carbonyl (C=O) groups is 1. The van der Waals surface area contributed by atoms with E-state index in [1.165, 1.54) is 11.8 Å². The number of hydrogen-bond acceptors (Lipinski definition) is 6. The van der Waals surface area contributed by atoms with Gasteiger partial charge in [-0.1, -0.05) is 30.3 Å². The predicted octanol–water partition coefficient (Wildman–Crippen LogP) is 3.48. The molecular weight excluding hydrogens is 368 g/mol. The van der Waals surface area contributed by atoms with Crippen LogP contribution in [-0.2, 0) is 11.2 Å². The number of piperazine rings is 1. The summed E-state index contributed by atoms with van der Waals surface area (Å²) in [6.07, 6.45) is 3.83. The van der Waals surface area contributed by atoms with Crippen LogP contribution in [0.1, 0.15) is 24.1 Å². The number of carbonyl (C=O) groups excluding carboxylic acids is 1. The summed E-state index contributed by atoms with van der Waals surface area (Å²) >= 11 is 0. The Kier molecular flexibility index (Phi) is 5.61. The fraction of sp³-hybridized carbons (Fsp3) is 0.318. The molecule has 0 aliphatic carbocycles. The van der Waals surface area contributed by atoms with Crippen molar-refractivity contribution in [1.82, 2.24) is 9.88 Å². The lowest BCUT2D eigenvalue weighted by Crippen LogP contribution is -2.48. The molecule has 1 aromatic carbocycles. The largest absolute Gasteiger partial charge is 0.459 e. The number of nitriles is 1. The average Bonchev–Trinajstić information content (AvgIpc) is 3.44. The van der Waals surface area contributed by atoms with Crippen LogP contribution in [-0.4, -0.2) is 42.0 Å². The first-order chi connectivity index (χ1) is 14.2. The molecule has 2 aromatic heterocycles. The third-order valence-electron chi connectivity index (χ3n) is 5.07. The number of aryl methyl sites for hydroxylation is 1. The fourth-order valence-corrected chi connectivity index (χ4v) is 3.51. The van der Waals surface area contributed by atoms with E-state index in [4.69, 9.17) is 8.83 Å². The summed E-state index contributed by atoms with van der Waals surface area (Å²) in [6.45, 7) is 2.41. The second-order valence-corrected chi connectivity index (χ2v) is 6.97. The Morgan fingerprint density at radius 2 is 1.90 bits per heavy atom. The van der Waals surface area contributed by atoms with Crippen molar-refractivity contribution in [3.63, 3.8) is 0 Å². The van der Waals surface area contributed by atoms with Crippen LogP contribution in [0.3, 0.4) is 0 Å². The van der Waals surface area contributed by atoms with E-state index in [9.17, 15) is 10.1 Å². The fourth-order valence-electron chi connectivity index (χ4n) is 3.51. The van der Waals surface area contributed by atoms with Gasteiger partial charge < -0.3 is 18.6 Å². The molecule has 0 atom stereocenters. The molecule has 3 heterocycles. The van der Waals surface area contributed by atoms with Gasteiger partial charge >= 0.3 is 0 Å². The van der Waals surface area contributed by atoms with E-state index in [-0.39, 0.29) is 11.6 Å². The second kappa shape index (κ2) is 8.65. The summed E-state index contributed by atoms with van der Waals surface area (Å²) in [4.78, 5) is 20.6. The lowest BCUT2D eigenvalue weighted by atomic mass is 10.1.